The lowest BCUT2D eigenvalue weighted by atomic mass is 10.1. The Morgan fingerprint density at radius 1 is 1.47 bits per heavy atom. The molecular formula is C13H21ClN2S. The molecule has 0 aliphatic carbocycles. The van der Waals surface area contributed by atoms with E-state index >= 15 is 0 Å². The lowest BCUT2D eigenvalue weighted by Gasteiger charge is -2.24. The fourth-order valence-corrected chi connectivity index (χ4v) is 2.64. The molecule has 0 bridgehead atoms. The molecule has 0 saturated carbocycles. The van der Waals surface area contributed by atoms with Gasteiger partial charge in [-0.1, -0.05) is 23.7 Å². The molecule has 4 heteroatoms. The number of hydrogen-bond donors (Lipinski definition) is 1. The van der Waals surface area contributed by atoms with Crippen molar-refractivity contribution in [3.8, 4) is 0 Å². The minimum atomic E-state index is 0.540. The van der Waals surface area contributed by atoms with Crippen LogP contribution in [0.4, 0.5) is 0 Å². The Balaban J connectivity index is 2.68. The summed E-state index contributed by atoms with van der Waals surface area (Å²) in [5.74, 6) is 1.13. The molecule has 0 aliphatic heterocycles. The average molecular weight is 273 g/mol. The average Bonchev–Trinajstić information content (AvgIpc) is 2.31. The molecule has 1 aromatic carbocycles. The molecule has 2 nitrogen and oxygen atoms in total. The Hall–Kier alpha value is -0.220. The van der Waals surface area contributed by atoms with Gasteiger partial charge in [0.05, 0.1) is 0 Å². The number of halogens is 1. The van der Waals surface area contributed by atoms with Crippen LogP contribution < -0.4 is 5.73 Å². The minimum absolute atomic E-state index is 0.540. The zero-order chi connectivity index (χ0) is 12.8. The molecule has 0 saturated heterocycles. The Labute approximate surface area is 114 Å². The molecular weight excluding hydrogens is 252 g/mol. The Morgan fingerprint density at radius 2 is 2.18 bits per heavy atom. The van der Waals surface area contributed by atoms with E-state index in [1.54, 1.807) is 0 Å². The maximum Gasteiger partial charge on any atom is 0.0454 e. The van der Waals surface area contributed by atoms with Crippen LogP contribution >= 0.6 is 23.4 Å². The summed E-state index contributed by atoms with van der Waals surface area (Å²) in [6.45, 7) is 3.66. The SMILES string of the molecule is CSCC(C)N(C)Cc1ccc(CN)cc1Cl. The molecule has 96 valence electrons. The number of nitrogens with zero attached hydrogens (tertiary/aromatic N) is 1. The van der Waals surface area contributed by atoms with Crippen molar-refractivity contribution < 1.29 is 0 Å². The van der Waals surface area contributed by atoms with E-state index in [0.29, 0.717) is 12.6 Å². The summed E-state index contributed by atoms with van der Waals surface area (Å²) in [4.78, 5) is 2.32. The molecule has 0 radical (unpaired) electrons. The second kappa shape index (κ2) is 7.27. The molecule has 0 heterocycles. The highest BCUT2D eigenvalue weighted by Gasteiger charge is 2.10. The largest absolute Gasteiger partial charge is 0.326 e. The second-order valence-corrected chi connectivity index (χ2v) is 5.67. The van der Waals surface area contributed by atoms with Crippen molar-refractivity contribution in [2.75, 3.05) is 19.1 Å². The smallest absolute Gasteiger partial charge is 0.0454 e. The number of thioether (sulfide) groups is 1. The molecule has 0 fully saturated rings. The molecule has 1 rings (SSSR count). The number of nitrogens with two attached hydrogens (primary N) is 1. The maximum absolute atomic E-state index is 6.25. The Kier molecular flexibility index (Phi) is 6.34. The van der Waals surface area contributed by atoms with Crippen LogP contribution in [0, 0.1) is 0 Å². The van der Waals surface area contributed by atoms with E-state index in [-0.39, 0.29) is 0 Å². The van der Waals surface area contributed by atoms with Gasteiger partial charge in [0.15, 0.2) is 0 Å². The highest BCUT2D eigenvalue weighted by Crippen LogP contribution is 2.20. The summed E-state index contributed by atoms with van der Waals surface area (Å²) in [5, 5.41) is 0.816. The van der Waals surface area contributed by atoms with E-state index in [2.05, 4.69) is 31.2 Å². The first-order valence-corrected chi connectivity index (χ1v) is 7.52. The van der Waals surface area contributed by atoms with Crippen LogP contribution in [0.2, 0.25) is 5.02 Å². The first-order chi connectivity index (χ1) is 8.08. The lowest BCUT2D eigenvalue weighted by molar-refractivity contribution is 0.270. The predicted molar refractivity (Wildman–Crippen MR) is 78.7 cm³/mol. The van der Waals surface area contributed by atoms with Crippen LogP contribution in [0.3, 0.4) is 0 Å². The fourth-order valence-electron chi connectivity index (χ4n) is 1.64. The predicted octanol–water partition coefficient (Wildman–Crippen LogP) is 2.98. The second-order valence-electron chi connectivity index (χ2n) is 4.35. The van der Waals surface area contributed by atoms with E-state index in [0.717, 1.165) is 22.9 Å². The fraction of sp³-hybridized carbons (Fsp3) is 0.538. The Morgan fingerprint density at radius 3 is 2.71 bits per heavy atom. The Bertz CT molecular complexity index is 357. The van der Waals surface area contributed by atoms with Gasteiger partial charge in [-0.2, -0.15) is 11.8 Å². The van der Waals surface area contributed by atoms with E-state index in [1.807, 2.05) is 23.9 Å². The molecule has 0 aliphatic rings. The van der Waals surface area contributed by atoms with Crippen LogP contribution in [-0.4, -0.2) is 30.0 Å². The van der Waals surface area contributed by atoms with E-state index in [4.69, 9.17) is 17.3 Å². The summed E-state index contributed by atoms with van der Waals surface area (Å²) in [7, 11) is 2.13. The van der Waals surface area contributed by atoms with Crippen LogP contribution in [0.15, 0.2) is 18.2 Å². The van der Waals surface area contributed by atoms with Gasteiger partial charge < -0.3 is 5.73 Å². The standard InChI is InChI=1S/C13H21ClN2S/c1-10(9-17-3)16(2)8-12-5-4-11(7-15)6-13(12)14/h4-6,10H,7-9,15H2,1-3H3. The lowest BCUT2D eigenvalue weighted by Crippen LogP contribution is -2.30. The monoisotopic (exact) mass is 272 g/mol. The molecule has 1 unspecified atom stereocenters. The third-order valence-corrected chi connectivity index (χ3v) is 4.10. The number of hydrogen-bond acceptors (Lipinski definition) is 3. The highest BCUT2D eigenvalue weighted by molar-refractivity contribution is 7.98. The van der Waals surface area contributed by atoms with Crippen molar-refractivity contribution in [1.82, 2.24) is 4.90 Å². The van der Waals surface area contributed by atoms with Crippen molar-refractivity contribution >= 4 is 23.4 Å². The molecule has 0 spiro atoms. The van der Waals surface area contributed by atoms with Gasteiger partial charge in [-0.15, -0.1) is 0 Å². The molecule has 17 heavy (non-hydrogen) atoms. The zero-order valence-electron chi connectivity index (χ0n) is 10.7. The van der Waals surface area contributed by atoms with E-state index in [9.17, 15) is 0 Å². The maximum atomic E-state index is 6.25. The number of benzene rings is 1. The molecule has 1 aromatic rings. The zero-order valence-corrected chi connectivity index (χ0v) is 12.3. The van der Waals surface area contributed by atoms with Gasteiger partial charge in [0.2, 0.25) is 0 Å². The topological polar surface area (TPSA) is 29.3 Å². The van der Waals surface area contributed by atoms with Crippen molar-refractivity contribution in [3.05, 3.63) is 34.3 Å². The van der Waals surface area contributed by atoms with E-state index in [1.165, 1.54) is 5.56 Å². The molecule has 0 amide bonds. The van der Waals surface area contributed by atoms with Gasteiger partial charge in [0.1, 0.15) is 0 Å². The van der Waals surface area contributed by atoms with Gasteiger partial charge in [-0.3, -0.25) is 4.90 Å². The molecule has 2 N–H and O–H groups in total. The van der Waals surface area contributed by atoms with Gasteiger partial charge in [-0.05, 0) is 37.4 Å². The van der Waals surface area contributed by atoms with Crippen LogP contribution in [0.5, 0.6) is 0 Å². The third-order valence-electron chi connectivity index (χ3n) is 2.93. The minimum Gasteiger partial charge on any atom is -0.326 e. The summed E-state index contributed by atoms with van der Waals surface area (Å²) in [6, 6.07) is 6.64. The quantitative estimate of drug-likeness (QED) is 0.863. The number of rotatable bonds is 6. The molecule has 1 atom stereocenters. The van der Waals surface area contributed by atoms with Crippen molar-refractivity contribution in [2.24, 2.45) is 5.73 Å². The summed E-state index contributed by atoms with van der Waals surface area (Å²) in [6.07, 6.45) is 2.13. The van der Waals surface area contributed by atoms with E-state index < -0.39 is 0 Å². The van der Waals surface area contributed by atoms with Crippen molar-refractivity contribution in [2.45, 2.75) is 26.1 Å². The summed E-state index contributed by atoms with van der Waals surface area (Å²) < 4.78 is 0. The molecule has 0 aromatic heterocycles. The highest BCUT2D eigenvalue weighted by atomic mass is 35.5. The summed E-state index contributed by atoms with van der Waals surface area (Å²) in [5.41, 5.74) is 7.83. The van der Waals surface area contributed by atoms with Crippen molar-refractivity contribution in [3.63, 3.8) is 0 Å². The summed E-state index contributed by atoms with van der Waals surface area (Å²) >= 11 is 8.11. The van der Waals surface area contributed by atoms with Crippen LogP contribution in [0.1, 0.15) is 18.1 Å². The van der Waals surface area contributed by atoms with Gasteiger partial charge in [0.25, 0.3) is 0 Å². The van der Waals surface area contributed by atoms with Crippen LogP contribution in [-0.2, 0) is 13.1 Å². The van der Waals surface area contributed by atoms with Crippen LogP contribution in [0.25, 0.3) is 0 Å². The van der Waals surface area contributed by atoms with Gasteiger partial charge in [0, 0.05) is 29.9 Å². The normalized spacial score (nSPS) is 13.1. The first-order valence-electron chi connectivity index (χ1n) is 5.75. The third kappa shape index (κ3) is 4.51. The van der Waals surface area contributed by atoms with Gasteiger partial charge in [-0.25, -0.2) is 0 Å². The van der Waals surface area contributed by atoms with Crippen molar-refractivity contribution in [1.29, 1.82) is 0 Å². The first kappa shape index (κ1) is 14.8. The van der Waals surface area contributed by atoms with Gasteiger partial charge >= 0.3 is 0 Å².